The molecular weight excluding hydrogens is 343 g/mol. The summed E-state index contributed by atoms with van der Waals surface area (Å²) in [5.41, 5.74) is 5.22. The number of hydrogen-bond donors (Lipinski definition) is 3. The minimum absolute atomic E-state index is 0.0189. The fourth-order valence-electron chi connectivity index (χ4n) is 2.07. The first-order chi connectivity index (χ1) is 10.7. The number of halogens is 2. The molecule has 8 heteroatoms. The Balaban J connectivity index is 2.70. The fourth-order valence-corrected chi connectivity index (χ4v) is 2.46. The molecule has 0 unspecified atom stereocenters. The predicted octanol–water partition coefficient (Wildman–Crippen LogP) is 3.19. The summed E-state index contributed by atoms with van der Waals surface area (Å²) in [6.45, 7) is 1.26. The highest BCUT2D eigenvalue weighted by atomic mass is 35.5. The van der Waals surface area contributed by atoms with Crippen molar-refractivity contribution in [3.05, 3.63) is 45.9 Å². The normalized spacial score (nSPS) is 10.4. The van der Waals surface area contributed by atoms with Gasteiger partial charge in [0.25, 0.3) is 5.91 Å². The number of rotatable bonds is 3. The van der Waals surface area contributed by atoms with Crippen LogP contribution in [0.5, 0.6) is 11.5 Å². The van der Waals surface area contributed by atoms with Gasteiger partial charge in [0, 0.05) is 11.9 Å². The summed E-state index contributed by atoms with van der Waals surface area (Å²) in [4.78, 5) is 24.5. The highest BCUT2D eigenvalue weighted by Crippen LogP contribution is 2.39. The number of nitrogens with zero attached hydrogens (tertiary/aromatic N) is 1. The topological polar surface area (TPSA) is 104 Å². The van der Waals surface area contributed by atoms with Crippen molar-refractivity contribution in [2.24, 2.45) is 5.73 Å². The van der Waals surface area contributed by atoms with Crippen molar-refractivity contribution in [2.45, 2.75) is 6.92 Å². The van der Waals surface area contributed by atoms with Crippen molar-refractivity contribution in [1.82, 2.24) is 0 Å². The Bertz CT molecular complexity index is 808. The Morgan fingerprint density at radius 3 is 2.30 bits per heavy atom. The van der Waals surface area contributed by atoms with Crippen LogP contribution in [0.25, 0.3) is 0 Å². The summed E-state index contributed by atoms with van der Waals surface area (Å²) in [6, 6.07) is 6.57. The van der Waals surface area contributed by atoms with Crippen molar-refractivity contribution in [2.75, 3.05) is 4.90 Å². The molecule has 2 aromatic rings. The number of phenolic OH excluding ortho intramolecular Hbond substituents is 1. The summed E-state index contributed by atoms with van der Waals surface area (Å²) >= 11 is 11.8. The monoisotopic (exact) mass is 354 g/mol. The number of carbonyl (C=O) groups excluding carboxylic acids is 2. The molecule has 2 amide bonds. The maximum Gasteiger partial charge on any atom is 0.252 e. The van der Waals surface area contributed by atoms with E-state index in [0.29, 0.717) is 0 Å². The molecule has 0 aliphatic heterocycles. The molecule has 6 nitrogen and oxygen atoms in total. The van der Waals surface area contributed by atoms with Crippen molar-refractivity contribution in [3.8, 4) is 11.5 Å². The van der Waals surface area contributed by atoms with Crippen LogP contribution in [0.15, 0.2) is 30.3 Å². The quantitative estimate of drug-likeness (QED) is 0.787. The lowest BCUT2D eigenvalue weighted by molar-refractivity contribution is -0.115. The fraction of sp³-hybridized carbons (Fsp3) is 0.0667. The van der Waals surface area contributed by atoms with Gasteiger partial charge in [-0.15, -0.1) is 0 Å². The average Bonchev–Trinajstić information content (AvgIpc) is 2.45. The van der Waals surface area contributed by atoms with Gasteiger partial charge in [-0.1, -0.05) is 23.2 Å². The maximum atomic E-state index is 12.0. The van der Waals surface area contributed by atoms with Crippen molar-refractivity contribution >= 4 is 46.4 Å². The molecule has 120 valence electrons. The third kappa shape index (κ3) is 3.33. The van der Waals surface area contributed by atoms with Gasteiger partial charge in [0.05, 0.1) is 22.0 Å². The molecule has 2 rings (SSSR count). The maximum absolute atomic E-state index is 12.0. The number of nitrogens with two attached hydrogens (primary N) is 1. The van der Waals surface area contributed by atoms with Gasteiger partial charge in [0.2, 0.25) is 5.91 Å². The number of anilines is 2. The molecule has 0 saturated heterocycles. The summed E-state index contributed by atoms with van der Waals surface area (Å²) in [5.74, 6) is -2.01. The lowest BCUT2D eigenvalue weighted by Gasteiger charge is -2.23. The Labute approximate surface area is 141 Å². The van der Waals surface area contributed by atoms with Crippen LogP contribution >= 0.6 is 23.2 Å². The minimum Gasteiger partial charge on any atom is -0.506 e. The van der Waals surface area contributed by atoms with Crippen LogP contribution in [0.2, 0.25) is 10.0 Å². The first-order valence-electron chi connectivity index (χ1n) is 6.34. The van der Waals surface area contributed by atoms with E-state index in [1.165, 1.54) is 37.3 Å². The molecule has 0 atom stereocenters. The number of phenols is 2. The van der Waals surface area contributed by atoms with Gasteiger partial charge in [-0.3, -0.25) is 14.5 Å². The second-order valence-corrected chi connectivity index (χ2v) is 5.52. The highest BCUT2D eigenvalue weighted by Gasteiger charge is 2.23. The van der Waals surface area contributed by atoms with Crippen LogP contribution in [-0.4, -0.2) is 22.0 Å². The summed E-state index contributed by atoms with van der Waals surface area (Å²) in [6.07, 6.45) is 0. The SMILES string of the molecule is CC(=O)N(c1ccc(O)c(Cl)c1)c1cc(Cl)cc(C(N)=O)c1O. The van der Waals surface area contributed by atoms with Crippen LogP contribution in [0.3, 0.4) is 0 Å². The average molecular weight is 355 g/mol. The Hall–Kier alpha value is -2.44. The van der Waals surface area contributed by atoms with Crippen LogP contribution < -0.4 is 10.6 Å². The number of primary amides is 1. The molecule has 0 heterocycles. The van der Waals surface area contributed by atoms with Crippen LogP contribution in [0.1, 0.15) is 17.3 Å². The molecule has 23 heavy (non-hydrogen) atoms. The van der Waals surface area contributed by atoms with Gasteiger partial charge in [-0.2, -0.15) is 0 Å². The van der Waals surface area contributed by atoms with E-state index in [1.807, 2.05) is 0 Å². The first-order valence-corrected chi connectivity index (χ1v) is 7.09. The van der Waals surface area contributed by atoms with Crippen molar-refractivity contribution in [3.63, 3.8) is 0 Å². The zero-order valence-corrected chi connectivity index (χ0v) is 13.4. The lowest BCUT2D eigenvalue weighted by Crippen LogP contribution is -2.23. The largest absolute Gasteiger partial charge is 0.506 e. The smallest absolute Gasteiger partial charge is 0.252 e. The number of aromatic hydroxyl groups is 2. The second-order valence-electron chi connectivity index (χ2n) is 4.68. The van der Waals surface area contributed by atoms with E-state index < -0.39 is 17.6 Å². The molecule has 0 saturated carbocycles. The third-order valence-electron chi connectivity index (χ3n) is 3.07. The number of hydrogen-bond acceptors (Lipinski definition) is 4. The molecule has 0 radical (unpaired) electrons. The zero-order valence-electron chi connectivity index (χ0n) is 11.9. The van der Waals surface area contributed by atoms with Crippen LogP contribution in [0, 0.1) is 0 Å². The van der Waals surface area contributed by atoms with Gasteiger partial charge in [0.1, 0.15) is 5.75 Å². The van der Waals surface area contributed by atoms with E-state index in [-0.39, 0.29) is 32.7 Å². The number of benzene rings is 2. The van der Waals surface area contributed by atoms with E-state index in [1.54, 1.807) is 0 Å². The molecular formula is C15H12Cl2N2O4. The molecule has 2 aromatic carbocycles. The standard InChI is InChI=1S/C15H12Cl2N2O4/c1-7(20)19(9-2-3-13(21)11(17)6-9)12-5-8(16)4-10(14(12)22)15(18)23/h2-6,21-22H,1H3,(H2,18,23). The number of carbonyl (C=O) groups is 2. The Morgan fingerprint density at radius 2 is 1.78 bits per heavy atom. The zero-order chi connectivity index (χ0) is 17.3. The molecule has 0 fully saturated rings. The summed E-state index contributed by atoms with van der Waals surface area (Å²) < 4.78 is 0. The van der Waals surface area contributed by atoms with E-state index in [0.717, 1.165) is 4.90 Å². The molecule has 0 aromatic heterocycles. The minimum atomic E-state index is -0.890. The van der Waals surface area contributed by atoms with E-state index in [9.17, 15) is 19.8 Å². The molecule has 4 N–H and O–H groups in total. The van der Waals surface area contributed by atoms with Crippen LogP contribution in [-0.2, 0) is 4.79 Å². The van der Waals surface area contributed by atoms with Gasteiger partial charge in [0.15, 0.2) is 5.75 Å². The Morgan fingerprint density at radius 1 is 1.13 bits per heavy atom. The highest BCUT2D eigenvalue weighted by molar-refractivity contribution is 6.32. The van der Waals surface area contributed by atoms with Crippen molar-refractivity contribution < 1.29 is 19.8 Å². The first kappa shape index (κ1) is 16.9. The summed E-state index contributed by atoms with van der Waals surface area (Å²) in [5, 5.41) is 19.9. The molecule has 0 bridgehead atoms. The lowest BCUT2D eigenvalue weighted by atomic mass is 10.1. The van der Waals surface area contributed by atoms with Crippen molar-refractivity contribution in [1.29, 1.82) is 0 Å². The van der Waals surface area contributed by atoms with Crippen LogP contribution in [0.4, 0.5) is 11.4 Å². The second kappa shape index (κ2) is 6.36. The molecule has 0 spiro atoms. The van der Waals surface area contributed by atoms with Gasteiger partial charge < -0.3 is 15.9 Å². The van der Waals surface area contributed by atoms with E-state index in [2.05, 4.69) is 0 Å². The molecule has 0 aliphatic rings. The number of amides is 2. The Kier molecular flexibility index (Phi) is 4.68. The van der Waals surface area contributed by atoms with Gasteiger partial charge >= 0.3 is 0 Å². The third-order valence-corrected chi connectivity index (χ3v) is 3.59. The van der Waals surface area contributed by atoms with E-state index in [4.69, 9.17) is 28.9 Å². The predicted molar refractivity (Wildman–Crippen MR) is 87.6 cm³/mol. The molecule has 0 aliphatic carbocycles. The van der Waals surface area contributed by atoms with Gasteiger partial charge in [-0.25, -0.2) is 0 Å². The van der Waals surface area contributed by atoms with E-state index >= 15 is 0 Å². The summed E-state index contributed by atoms with van der Waals surface area (Å²) in [7, 11) is 0. The van der Waals surface area contributed by atoms with Gasteiger partial charge in [-0.05, 0) is 30.3 Å².